The Hall–Kier alpha value is -1.46. The number of nitrogens with one attached hydrogen (secondary N) is 1. The maximum atomic E-state index is 9.55. The van der Waals surface area contributed by atoms with Crippen molar-refractivity contribution in [2.75, 3.05) is 31.3 Å². The fraction of sp³-hybridized carbons (Fsp3) is 0.571. The van der Waals surface area contributed by atoms with Crippen LogP contribution in [0.2, 0.25) is 0 Å². The van der Waals surface area contributed by atoms with Crippen LogP contribution in [0, 0.1) is 0 Å². The average molecular weight is 268 g/mol. The van der Waals surface area contributed by atoms with Gasteiger partial charge in [0.25, 0.3) is 0 Å². The Balaban J connectivity index is 2.54. The molecular formula is C14H24N2O3. The minimum Gasteiger partial charge on any atom is -0.489 e. The van der Waals surface area contributed by atoms with Crippen molar-refractivity contribution in [3.8, 4) is 5.75 Å². The highest BCUT2D eigenvalue weighted by atomic mass is 16.5. The summed E-state index contributed by atoms with van der Waals surface area (Å²) in [6.45, 7) is 4.88. The first-order chi connectivity index (χ1) is 9.04. The van der Waals surface area contributed by atoms with Gasteiger partial charge in [0, 0.05) is 13.7 Å². The van der Waals surface area contributed by atoms with E-state index in [1.165, 1.54) is 0 Å². The molecule has 19 heavy (non-hydrogen) atoms. The van der Waals surface area contributed by atoms with Crippen LogP contribution in [0.4, 0.5) is 11.4 Å². The van der Waals surface area contributed by atoms with Gasteiger partial charge >= 0.3 is 0 Å². The molecule has 0 amide bonds. The molecule has 1 unspecified atom stereocenters. The number of rotatable bonds is 8. The second kappa shape index (κ2) is 7.86. The van der Waals surface area contributed by atoms with Crippen molar-refractivity contribution in [3.05, 3.63) is 18.2 Å². The number of ether oxygens (including phenoxy) is 2. The highest BCUT2D eigenvalue weighted by molar-refractivity contribution is 5.72. The van der Waals surface area contributed by atoms with Crippen molar-refractivity contribution < 1.29 is 14.6 Å². The van der Waals surface area contributed by atoms with Gasteiger partial charge in [0.2, 0.25) is 0 Å². The van der Waals surface area contributed by atoms with Gasteiger partial charge in [0.05, 0.1) is 30.2 Å². The predicted octanol–water partition coefficient (Wildman–Crippen LogP) is 1.87. The van der Waals surface area contributed by atoms with E-state index < -0.39 is 6.10 Å². The molecule has 0 bridgehead atoms. The molecule has 0 aliphatic carbocycles. The summed E-state index contributed by atoms with van der Waals surface area (Å²) >= 11 is 0. The van der Waals surface area contributed by atoms with Crippen LogP contribution in [0.25, 0.3) is 0 Å². The van der Waals surface area contributed by atoms with Crippen LogP contribution < -0.4 is 15.8 Å². The van der Waals surface area contributed by atoms with Gasteiger partial charge in [-0.15, -0.1) is 0 Å². The van der Waals surface area contributed by atoms with E-state index in [0.29, 0.717) is 31.0 Å². The zero-order valence-electron chi connectivity index (χ0n) is 11.8. The molecule has 0 aliphatic rings. The van der Waals surface area contributed by atoms with Gasteiger partial charge in [0.1, 0.15) is 5.75 Å². The summed E-state index contributed by atoms with van der Waals surface area (Å²) in [6, 6.07) is 5.63. The molecule has 0 heterocycles. The minimum atomic E-state index is -0.464. The van der Waals surface area contributed by atoms with E-state index in [9.17, 15) is 5.11 Å². The molecular weight excluding hydrogens is 244 g/mol. The molecule has 4 N–H and O–H groups in total. The molecule has 0 aliphatic heterocycles. The number of hydrogen-bond acceptors (Lipinski definition) is 5. The molecule has 0 aromatic heterocycles. The molecule has 108 valence electrons. The monoisotopic (exact) mass is 268 g/mol. The third-order valence-electron chi connectivity index (χ3n) is 2.58. The minimum absolute atomic E-state index is 0.0843. The van der Waals surface area contributed by atoms with Crippen LogP contribution >= 0.6 is 0 Å². The summed E-state index contributed by atoms with van der Waals surface area (Å²) < 4.78 is 10.5. The van der Waals surface area contributed by atoms with Crippen LogP contribution in [-0.4, -0.2) is 37.6 Å². The summed E-state index contributed by atoms with van der Waals surface area (Å²) in [7, 11) is 1.57. The molecule has 5 nitrogen and oxygen atoms in total. The zero-order valence-corrected chi connectivity index (χ0v) is 11.8. The first kappa shape index (κ1) is 15.6. The Labute approximate surface area is 114 Å². The number of methoxy groups -OCH3 is 1. The average Bonchev–Trinajstić information content (AvgIpc) is 2.33. The predicted molar refractivity (Wildman–Crippen MR) is 77.6 cm³/mol. The van der Waals surface area contributed by atoms with Gasteiger partial charge < -0.3 is 25.6 Å². The van der Waals surface area contributed by atoms with E-state index >= 15 is 0 Å². The lowest BCUT2D eigenvalue weighted by atomic mass is 10.2. The van der Waals surface area contributed by atoms with Crippen molar-refractivity contribution in [3.63, 3.8) is 0 Å². The summed E-state index contributed by atoms with van der Waals surface area (Å²) in [5, 5.41) is 12.7. The van der Waals surface area contributed by atoms with Crippen molar-refractivity contribution >= 4 is 11.4 Å². The summed E-state index contributed by atoms with van der Waals surface area (Å²) in [5.41, 5.74) is 7.45. The Morgan fingerprint density at radius 3 is 2.74 bits per heavy atom. The first-order valence-electron chi connectivity index (χ1n) is 6.50. The van der Waals surface area contributed by atoms with Gasteiger partial charge in [-0.3, -0.25) is 0 Å². The first-order valence-corrected chi connectivity index (χ1v) is 6.50. The van der Waals surface area contributed by atoms with Crippen molar-refractivity contribution in [1.29, 1.82) is 0 Å². The van der Waals surface area contributed by atoms with Gasteiger partial charge in [-0.05, 0) is 32.4 Å². The van der Waals surface area contributed by atoms with E-state index in [1.54, 1.807) is 7.11 Å². The fourth-order valence-corrected chi connectivity index (χ4v) is 1.70. The molecule has 0 saturated carbocycles. The Bertz CT molecular complexity index is 383. The normalized spacial score (nSPS) is 12.5. The summed E-state index contributed by atoms with van der Waals surface area (Å²) in [4.78, 5) is 0. The highest BCUT2D eigenvalue weighted by Crippen LogP contribution is 2.30. The highest BCUT2D eigenvalue weighted by Gasteiger charge is 2.08. The lowest BCUT2D eigenvalue weighted by Gasteiger charge is -2.16. The molecule has 0 fully saturated rings. The van der Waals surface area contributed by atoms with Gasteiger partial charge in [0.15, 0.2) is 0 Å². The third-order valence-corrected chi connectivity index (χ3v) is 2.58. The van der Waals surface area contributed by atoms with Crippen LogP contribution in [0.3, 0.4) is 0 Å². The van der Waals surface area contributed by atoms with Crippen molar-refractivity contribution in [1.82, 2.24) is 0 Å². The molecule has 0 spiro atoms. The van der Waals surface area contributed by atoms with Gasteiger partial charge in [-0.2, -0.15) is 0 Å². The standard InChI is InChI=1S/C14H24N2O3/c1-10(2)19-13-6-4-5-12(14(13)15)16-8-7-11(17)9-18-3/h4-6,10-11,16-17H,7-9,15H2,1-3H3. The molecule has 1 aromatic rings. The maximum absolute atomic E-state index is 9.55. The van der Waals surface area contributed by atoms with E-state index in [4.69, 9.17) is 15.2 Å². The summed E-state index contributed by atoms with van der Waals surface area (Å²) in [6.07, 6.45) is 0.220. The lowest BCUT2D eigenvalue weighted by Crippen LogP contribution is -2.18. The molecule has 0 saturated heterocycles. The Morgan fingerprint density at radius 2 is 2.11 bits per heavy atom. The second-order valence-corrected chi connectivity index (χ2v) is 4.71. The topological polar surface area (TPSA) is 76.7 Å². The maximum Gasteiger partial charge on any atom is 0.144 e. The van der Waals surface area contributed by atoms with E-state index in [1.807, 2.05) is 32.0 Å². The number of nitrogen functional groups attached to an aromatic ring is 1. The van der Waals surface area contributed by atoms with Crippen molar-refractivity contribution in [2.24, 2.45) is 0 Å². The number of aliphatic hydroxyl groups excluding tert-OH is 1. The molecule has 1 atom stereocenters. The zero-order chi connectivity index (χ0) is 14.3. The Morgan fingerprint density at radius 1 is 1.37 bits per heavy atom. The van der Waals surface area contributed by atoms with E-state index in [2.05, 4.69) is 5.32 Å². The molecule has 1 aromatic carbocycles. The quantitative estimate of drug-likeness (QED) is 0.627. The number of nitrogens with two attached hydrogens (primary N) is 1. The van der Waals surface area contributed by atoms with Crippen molar-refractivity contribution in [2.45, 2.75) is 32.5 Å². The SMILES string of the molecule is COCC(O)CCNc1cccc(OC(C)C)c1N. The molecule has 1 rings (SSSR count). The smallest absolute Gasteiger partial charge is 0.144 e. The van der Waals surface area contributed by atoms with Gasteiger partial charge in [-0.1, -0.05) is 6.07 Å². The van der Waals surface area contributed by atoms with Crippen LogP contribution in [-0.2, 0) is 4.74 Å². The van der Waals surface area contributed by atoms with Crippen LogP contribution in [0.5, 0.6) is 5.75 Å². The Kier molecular flexibility index (Phi) is 6.45. The largest absolute Gasteiger partial charge is 0.489 e. The fourth-order valence-electron chi connectivity index (χ4n) is 1.70. The van der Waals surface area contributed by atoms with E-state index in [0.717, 1.165) is 5.69 Å². The van der Waals surface area contributed by atoms with E-state index in [-0.39, 0.29) is 6.10 Å². The third kappa shape index (κ3) is 5.36. The molecule has 0 radical (unpaired) electrons. The molecule has 5 heteroatoms. The number of para-hydroxylation sites is 1. The van der Waals surface area contributed by atoms with Gasteiger partial charge in [-0.25, -0.2) is 0 Å². The second-order valence-electron chi connectivity index (χ2n) is 4.71. The van der Waals surface area contributed by atoms with Crippen LogP contribution in [0.15, 0.2) is 18.2 Å². The number of benzene rings is 1. The number of anilines is 2. The summed E-state index contributed by atoms with van der Waals surface area (Å²) in [5.74, 6) is 0.678. The van der Waals surface area contributed by atoms with Crippen LogP contribution in [0.1, 0.15) is 20.3 Å². The number of hydrogen-bond donors (Lipinski definition) is 3. The number of aliphatic hydroxyl groups is 1. The lowest BCUT2D eigenvalue weighted by molar-refractivity contribution is 0.0615.